The van der Waals surface area contributed by atoms with E-state index in [2.05, 4.69) is 15.0 Å². The van der Waals surface area contributed by atoms with Crippen molar-refractivity contribution in [1.29, 1.82) is 0 Å². The molecule has 0 atom stereocenters. The van der Waals surface area contributed by atoms with Crippen LogP contribution in [0.4, 0.5) is 11.5 Å². The maximum Gasteiger partial charge on any atom is 0.261 e. The number of hydrogen-bond donors (Lipinski definition) is 2. The Kier molecular flexibility index (Phi) is 6.99. The molecule has 32 heavy (non-hydrogen) atoms. The first kappa shape index (κ1) is 23.1. The van der Waals surface area contributed by atoms with Crippen LogP contribution in [-0.4, -0.2) is 40.5 Å². The third kappa shape index (κ3) is 5.36. The molecule has 8 nitrogen and oxygen atoms in total. The Balaban J connectivity index is 1.79. The SMILES string of the molecule is COc1ccc(NS(=O)(=O)c2ccc(C)c(C(=O)NCc3cccnc3N(C)C)c2)cc1. The van der Waals surface area contributed by atoms with Crippen LogP contribution < -0.4 is 19.7 Å². The number of nitrogens with zero attached hydrogens (tertiary/aromatic N) is 2. The summed E-state index contributed by atoms with van der Waals surface area (Å²) in [4.78, 5) is 19.0. The number of hydrogen-bond acceptors (Lipinski definition) is 6. The zero-order valence-electron chi connectivity index (χ0n) is 18.4. The number of nitrogens with one attached hydrogen (secondary N) is 2. The third-order valence-corrected chi connectivity index (χ3v) is 6.22. The van der Waals surface area contributed by atoms with Gasteiger partial charge in [0.05, 0.1) is 12.0 Å². The first-order valence-corrected chi connectivity index (χ1v) is 11.4. The summed E-state index contributed by atoms with van der Waals surface area (Å²) in [5.74, 6) is 1.01. The summed E-state index contributed by atoms with van der Waals surface area (Å²) in [5, 5.41) is 2.86. The molecule has 0 aliphatic heterocycles. The molecule has 3 aromatic rings. The van der Waals surface area contributed by atoms with Crippen molar-refractivity contribution in [3.05, 3.63) is 77.5 Å². The molecule has 1 amide bonds. The lowest BCUT2D eigenvalue weighted by molar-refractivity contribution is 0.0950. The lowest BCUT2D eigenvalue weighted by atomic mass is 10.1. The molecule has 0 radical (unpaired) electrons. The number of benzene rings is 2. The largest absolute Gasteiger partial charge is 0.497 e. The normalized spacial score (nSPS) is 11.0. The minimum absolute atomic E-state index is 0.000531. The molecule has 0 bridgehead atoms. The first-order valence-electron chi connectivity index (χ1n) is 9.88. The van der Waals surface area contributed by atoms with Crippen LogP contribution in [-0.2, 0) is 16.6 Å². The molecule has 0 aliphatic carbocycles. The van der Waals surface area contributed by atoms with E-state index in [9.17, 15) is 13.2 Å². The van der Waals surface area contributed by atoms with E-state index in [1.165, 1.54) is 19.2 Å². The number of rotatable bonds is 8. The smallest absolute Gasteiger partial charge is 0.261 e. The van der Waals surface area contributed by atoms with Gasteiger partial charge in [-0.05, 0) is 55.0 Å². The van der Waals surface area contributed by atoms with Crippen molar-refractivity contribution in [1.82, 2.24) is 10.3 Å². The predicted octanol–water partition coefficient (Wildman–Crippen LogP) is 3.20. The molecule has 0 unspecified atom stereocenters. The van der Waals surface area contributed by atoms with Crippen LogP contribution in [0.3, 0.4) is 0 Å². The molecule has 1 aromatic heterocycles. The second-order valence-electron chi connectivity index (χ2n) is 7.37. The van der Waals surface area contributed by atoms with E-state index >= 15 is 0 Å². The molecular weight excluding hydrogens is 428 g/mol. The van der Waals surface area contributed by atoms with Crippen LogP contribution in [0.2, 0.25) is 0 Å². The molecule has 0 spiro atoms. The maximum absolute atomic E-state index is 12.9. The summed E-state index contributed by atoms with van der Waals surface area (Å²) < 4.78 is 33.3. The summed E-state index contributed by atoms with van der Waals surface area (Å²) in [5.41, 5.74) is 2.21. The van der Waals surface area contributed by atoms with Gasteiger partial charge in [-0.25, -0.2) is 13.4 Å². The highest BCUT2D eigenvalue weighted by molar-refractivity contribution is 7.92. The first-order chi connectivity index (χ1) is 15.2. The van der Waals surface area contributed by atoms with Gasteiger partial charge in [-0.3, -0.25) is 9.52 Å². The van der Waals surface area contributed by atoms with Gasteiger partial charge in [-0.2, -0.15) is 0 Å². The second-order valence-corrected chi connectivity index (χ2v) is 9.06. The van der Waals surface area contributed by atoms with Crippen molar-refractivity contribution in [3.63, 3.8) is 0 Å². The summed E-state index contributed by atoms with van der Waals surface area (Å²) >= 11 is 0. The molecule has 2 aromatic carbocycles. The summed E-state index contributed by atoms with van der Waals surface area (Å²) in [6, 6.07) is 14.7. The van der Waals surface area contributed by atoms with E-state index in [0.717, 1.165) is 11.4 Å². The van der Waals surface area contributed by atoms with Gasteiger partial charge in [0.2, 0.25) is 0 Å². The molecule has 1 heterocycles. The fourth-order valence-electron chi connectivity index (χ4n) is 3.13. The van der Waals surface area contributed by atoms with Crippen LogP contribution in [0.5, 0.6) is 5.75 Å². The Morgan fingerprint density at radius 1 is 1.09 bits per heavy atom. The minimum atomic E-state index is -3.88. The van der Waals surface area contributed by atoms with E-state index in [4.69, 9.17) is 4.74 Å². The van der Waals surface area contributed by atoms with Crippen LogP contribution in [0.15, 0.2) is 65.7 Å². The molecular formula is C23H26N4O4S. The van der Waals surface area contributed by atoms with Crippen LogP contribution in [0.25, 0.3) is 0 Å². The molecule has 0 aliphatic rings. The van der Waals surface area contributed by atoms with Crippen LogP contribution >= 0.6 is 0 Å². The number of ether oxygens (including phenoxy) is 1. The summed E-state index contributed by atoms with van der Waals surface area (Å²) in [7, 11) is 1.41. The van der Waals surface area contributed by atoms with Gasteiger partial charge in [-0.1, -0.05) is 12.1 Å². The van der Waals surface area contributed by atoms with Gasteiger partial charge < -0.3 is 15.0 Å². The zero-order valence-corrected chi connectivity index (χ0v) is 19.2. The molecule has 0 saturated carbocycles. The van der Waals surface area contributed by atoms with Gasteiger partial charge >= 0.3 is 0 Å². The van der Waals surface area contributed by atoms with Crippen LogP contribution in [0.1, 0.15) is 21.5 Å². The van der Waals surface area contributed by atoms with Gasteiger partial charge in [0.1, 0.15) is 11.6 Å². The fourth-order valence-corrected chi connectivity index (χ4v) is 4.21. The van der Waals surface area contributed by atoms with Gasteiger partial charge in [0, 0.05) is 43.7 Å². The highest BCUT2D eigenvalue weighted by Gasteiger charge is 2.19. The van der Waals surface area contributed by atoms with Crippen molar-refractivity contribution >= 4 is 27.4 Å². The molecule has 168 valence electrons. The van der Waals surface area contributed by atoms with Crippen molar-refractivity contribution in [2.75, 3.05) is 30.8 Å². The zero-order chi connectivity index (χ0) is 23.3. The minimum Gasteiger partial charge on any atom is -0.497 e. The number of sulfonamides is 1. The van der Waals surface area contributed by atoms with E-state index in [-0.39, 0.29) is 22.9 Å². The number of aromatic nitrogens is 1. The standard InChI is InChI=1S/C23H26N4O4S/c1-16-7-12-20(32(29,30)26-18-8-10-19(31-4)11-9-18)14-21(16)23(28)25-15-17-6-5-13-24-22(17)27(2)3/h5-14,26H,15H2,1-4H3,(H,25,28). The predicted molar refractivity (Wildman–Crippen MR) is 125 cm³/mol. The molecule has 9 heteroatoms. The van der Waals surface area contributed by atoms with Gasteiger partial charge in [0.25, 0.3) is 15.9 Å². The Hall–Kier alpha value is -3.59. The number of methoxy groups -OCH3 is 1. The van der Waals surface area contributed by atoms with Crippen molar-refractivity contribution in [2.24, 2.45) is 0 Å². The van der Waals surface area contributed by atoms with E-state index in [1.54, 1.807) is 49.5 Å². The molecule has 0 fully saturated rings. The Labute approximate surface area is 188 Å². The van der Waals surface area contributed by atoms with E-state index < -0.39 is 10.0 Å². The summed E-state index contributed by atoms with van der Waals surface area (Å²) in [6.45, 7) is 2.03. The number of pyridine rings is 1. The van der Waals surface area contributed by atoms with Crippen molar-refractivity contribution < 1.29 is 17.9 Å². The van der Waals surface area contributed by atoms with Gasteiger partial charge in [0.15, 0.2) is 0 Å². The monoisotopic (exact) mass is 454 g/mol. The Morgan fingerprint density at radius 3 is 2.47 bits per heavy atom. The Morgan fingerprint density at radius 2 is 1.81 bits per heavy atom. The number of aryl methyl sites for hydroxylation is 1. The third-order valence-electron chi connectivity index (χ3n) is 4.84. The van der Waals surface area contributed by atoms with Gasteiger partial charge in [-0.15, -0.1) is 0 Å². The molecule has 3 rings (SSSR count). The highest BCUT2D eigenvalue weighted by Crippen LogP contribution is 2.22. The highest BCUT2D eigenvalue weighted by atomic mass is 32.2. The quantitative estimate of drug-likeness (QED) is 0.542. The number of amides is 1. The lowest BCUT2D eigenvalue weighted by Gasteiger charge is -2.16. The van der Waals surface area contributed by atoms with Crippen molar-refractivity contribution in [2.45, 2.75) is 18.4 Å². The Bertz CT molecular complexity index is 1210. The second kappa shape index (κ2) is 9.69. The molecule has 0 saturated heterocycles. The summed E-state index contributed by atoms with van der Waals surface area (Å²) in [6.07, 6.45) is 1.69. The lowest BCUT2D eigenvalue weighted by Crippen LogP contribution is -2.25. The average molecular weight is 455 g/mol. The fraction of sp³-hybridized carbons (Fsp3) is 0.217. The number of carbonyl (C=O) groups excluding carboxylic acids is 1. The maximum atomic E-state index is 12.9. The number of anilines is 2. The topological polar surface area (TPSA) is 101 Å². The van der Waals surface area contributed by atoms with E-state index in [1.807, 2.05) is 25.1 Å². The van der Waals surface area contributed by atoms with E-state index in [0.29, 0.717) is 17.0 Å². The van der Waals surface area contributed by atoms with Crippen molar-refractivity contribution in [3.8, 4) is 5.75 Å². The average Bonchev–Trinajstić information content (AvgIpc) is 2.78. The molecule has 2 N–H and O–H groups in total. The number of carbonyl (C=O) groups is 1. The van der Waals surface area contributed by atoms with Crippen LogP contribution in [0, 0.1) is 6.92 Å².